The van der Waals surface area contributed by atoms with Crippen molar-refractivity contribution in [2.75, 3.05) is 0 Å². The van der Waals surface area contributed by atoms with E-state index in [-0.39, 0.29) is 0 Å². The van der Waals surface area contributed by atoms with Gasteiger partial charge in [-0.15, -0.1) is 11.3 Å². The van der Waals surface area contributed by atoms with Crippen LogP contribution in [0.4, 0.5) is 0 Å². The van der Waals surface area contributed by atoms with E-state index >= 15 is 0 Å². The number of rotatable bonds is 5. The van der Waals surface area contributed by atoms with Crippen molar-refractivity contribution in [2.45, 2.75) is 46.2 Å². The van der Waals surface area contributed by atoms with E-state index in [1.807, 2.05) is 11.3 Å². The minimum Gasteiger partial charge on any atom is -0.310 e. The monoisotopic (exact) mass is 325 g/mol. The summed E-state index contributed by atoms with van der Waals surface area (Å²) in [5.41, 5.74) is 1.53. The van der Waals surface area contributed by atoms with Crippen molar-refractivity contribution < 1.29 is 0 Å². The van der Waals surface area contributed by atoms with Crippen molar-refractivity contribution in [1.29, 1.82) is 0 Å². The molecule has 3 heteroatoms. The third-order valence-electron chi connectivity index (χ3n) is 3.02. The van der Waals surface area contributed by atoms with Gasteiger partial charge in [-0.25, -0.2) is 0 Å². The summed E-state index contributed by atoms with van der Waals surface area (Å²) in [6, 6.07) is 7.06. The van der Waals surface area contributed by atoms with E-state index in [1.165, 1.54) is 37.8 Å². The molecule has 1 N–H and O–H groups in total. The molecule has 1 aromatic carbocycles. The van der Waals surface area contributed by atoms with E-state index in [1.54, 1.807) is 0 Å². The van der Waals surface area contributed by atoms with Crippen molar-refractivity contribution in [1.82, 2.24) is 5.32 Å². The zero-order valence-electron chi connectivity index (χ0n) is 11.2. The third-order valence-corrected chi connectivity index (χ3v) is 5.23. The highest BCUT2D eigenvalue weighted by Crippen LogP contribution is 2.36. The van der Waals surface area contributed by atoms with Crippen molar-refractivity contribution in [3.05, 3.63) is 33.1 Å². The first-order valence-corrected chi connectivity index (χ1v) is 8.16. The maximum Gasteiger partial charge on any atom is 0.0491 e. The summed E-state index contributed by atoms with van der Waals surface area (Å²) in [5, 5.41) is 4.96. The Hall–Kier alpha value is -0.380. The fraction of sp³-hybridized carbons (Fsp3) is 0.467. The first kappa shape index (κ1) is 14.0. The Bertz CT molecular complexity index is 531. The van der Waals surface area contributed by atoms with Crippen LogP contribution in [-0.4, -0.2) is 6.04 Å². The van der Waals surface area contributed by atoms with Crippen molar-refractivity contribution in [2.24, 2.45) is 0 Å². The topological polar surface area (TPSA) is 12.0 Å². The molecule has 1 nitrogen and oxygen atoms in total. The van der Waals surface area contributed by atoms with Crippen molar-refractivity contribution in [3.8, 4) is 0 Å². The molecule has 0 radical (unpaired) electrons. The van der Waals surface area contributed by atoms with Crippen LogP contribution in [0.25, 0.3) is 10.1 Å². The molecule has 0 saturated heterocycles. The van der Waals surface area contributed by atoms with Crippen LogP contribution in [0.3, 0.4) is 0 Å². The standard InChI is InChI=1S/C15H20BrNS/c1-4-6-11-12-7-5-8-13(16)15(12)18-14(11)9-17-10(2)3/h5,7-8,10,17H,4,6,9H2,1-3H3. The summed E-state index contributed by atoms with van der Waals surface area (Å²) >= 11 is 5.59. The molecule has 2 rings (SSSR count). The first-order valence-electron chi connectivity index (χ1n) is 6.55. The molecule has 0 aliphatic carbocycles. The average Bonchev–Trinajstić information content (AvgIpc) is 2.67. The largest absolute Gasteiger partial charge is 0.310 e. The van der Waals surface area contributed by atoms with E-state index in [2.05, 4.69) is 60.2 Å². The predicted octanol–water partition coefficient (Wildman–Crippen LogP) is 5.11. The second-order valence-corrected chi connectivity index (χ2v) is 6.87. The minimum absolute atomic E-state index is 0.535. The molecule has 0 fully saturated rings. The fourth-order valence-corrected chi connectivity index (χ4v) is 3.96. The van der Waals surface area contributed by atoms with Crippen LogP contribution in [0.2, 0.25) is 0 Å². The number of hydrogen-bond donors (Lipinski definition) is 1. The second kappa shape index (κ2) is 6.18. The van der Waals surface area contributed by atoms with E-state index in [0.717, 1.165) is 6.54 Å². The minimum atomic E-state index is 0.535. The predicted molar refractivity (Wildman–Crippen MR) is 85.5 cm³/mol. The van der Waals surface area contributed by atoms with Gasteiger partial charge in [-0.05, 0) is 39.4 Å². The highest BCUT2D eigenvalue weighted by molar-refractivity contribution is 9.10. The van der Waals surface area contributed by atoms with Crippen LogP contribution in [0.15, 0.2) is 22.7 Å². The normalized spacial score (nSPS) is 11.6. The van der Waals surface area contributed by atoms with Gasteiger partial charge in [0.2, 0.25) is 0 Å². The Morgan fingerprint density at radius 1 is 1.33 bits per heavy atom. The Balaban J connectivity index is 2.43. The molecule has 98 valence electrons. The van der Waals surface area contributed by atoms with Gasteiger partial charge < -0.3 is 5.32 Å². The number of fused-ring (bicyclic) bond motifs is 1. The van der Waals surface area contributed by atoms with Crippen LogP contribution in [0, 0.1) is 0 Å². The number of benzene rings is 1. The Morgan fingerprint density at radius 3 is 2.78 bits per heavy atom. The molecular formula is C15H20BrNS. The molecule has 0 spiro atoms. The van der Waals surface area contributed by atoms with Gasteiger partial charge in [0.25, 0.3) is 0 Å². The summed E-state index contributed by atoms with van der Waals surface area (Å²) < 4.78 is 2.61. The molecule has 1 heterocycles. The summed E-state index contributed by atoms with van der Waals surface area (Å²) in [4.78, 5) is 1.49. The summed E-state index contributed by atoms with van der Waals surface area (Å²) in [6.45, 7) is 7.63. The van der Waals surface area contributed by atoms with Gasteiger partial charge in [-0.3, -0.25) is 0 Å². The third kappa shape index (κ3) is 2.95. The molecule has 1 aromatic heterocycles. The summed E-state index contributed by atoms with van der Waals surface area (Å²) in [7, 11) is 0. The highest BCUT2D eigenvalue weighted by Gasteiger charge is 2.13. The second-order valence-electron chi connectivity index (χ2n) is 4.91. The molecular weight excluding hydrogens is 306 g/mol. The van der Waals surface area contributed by atoms with Crippen LogP contribution in [0.1, 0.15) is 37.6 Å². The van der Waals surface area contributed by atoms with Gasteiger partial charge in [0, 0.05) is 26.6 Å². The summed E-state index contributed by atoms with van der Waals surface area (Å²) in [5.74, 6) is 0. The van der Waals surface area contributed by atoms with Gasteiger partial charge in [-0.2, -0.15) is 0 Å². The average molecular weight is 326 g/mol. The number of nitrogens with one attached hydrogen (secondary N) is 1. The first-order chi connectivity index (χ1) is 8.63. The maximum atomic E-state index is 3.67. The van der Waals surface area contributed by atoms with Gasteiger partial charge in [0.05, 0.1) is 0 Å². The lowest BCUT2D eigenvalue weighted by Crippen LogP contribution is -2.21. The van der Waals surface area contributed by atoms with Gasteiger partial charge in [0.15, 0.2) is 0 Å². The number of halogens is 1. The van der Waals surface area contributed by atoms with E-state index in [0.29, 0.717) is 6.04 Å². The van der Waals surface area contributed by atoms with E-state index < -0.39 is 0 Å². The van der Waals surface area contributed by atoms with Crippen molar-refractivity contribution in [3.63, 3.8) is 0 Å². The number of thiophene rings is 1. The molecule has 0 aliphatic rings. The Labute approximate surface area is 122 Å². The number of hydrogen-bond acceptors (Lipinski definition) is 2. The zero-order valence-corrected chi connectivity index (χ0v) is 13.6. The van der Waals surface area contributed by atoms with Crippen LogP contribution in [0.5, 0.6) is 0 Å². The smallest absolute Gasteiger partial charge is 0.0491 e. The fourth-order valence-electron chi connectivity index (χ4n) is 2.15. The van der Waals surface area contributed by atoms with Crippen LogP contribution >= 0.6 is 27.3 Å². The van der Waals surface area contributed by atoms with Crippen LogP contribution in [-0.2, 0) is 13.0 Å². The maximum absolute atomic E-state index is 3.67. The highest BCUT2D eigenvalue weighted by atomic mass is 79.9. The van der Waals surface area contributed by atoms with Gasteiger partial charge in [0.1, 0.15) is 0 Å². The molecule has 0 saturated carbocycles. The quantitative estimate of drug-likeness (QED) is 0.805. The van der Waals surface area contributed by atoms with Crippen LogP contribution < -0.4 is 5.32 Å². The summed E-state index contributed by atoms with van der Waals surface area (Å²) in [6.07, 6.45) is 2.37. The van der Waals surface area contributed by atoms with Gasteiger partial charge in [-0.1, -0.05) is 39.3 Å². The number of aryl methyl sites for hydroxylation is 1. The lowest BCUT2D eigenvalue weighted by molar-refractivity contribution is 0.591. The zero-order chi connectivity index (χ0) is 13.1. The molecule has 0 atom stereocenters. The lowest BCUT2D eigenvalue weighted by Gasteiger charge is -2.08. The van der Waals surface area contributed by atoms with E-state index in [4.69, 9.17) is 0 Å². The molecule has 0 unspecified atom stereocenters. The van der Waals surface area contributed by atoms with Gasteiger partial charge >= 0.3 is 0 Å². The van der Waals surface area contributed by atoms with E-state index in [9.17, 15) is 0 Å². The molecule has 18 heavy (non-hydrogen) atoms. The SMILES string of the molecule is CCCc1c(CNC(C)C)sc2c(Br)cccc12. The Morgan fingerprint density at radius 2 is 2.11 bits per heavy atom. The Kier molecular flexibility index (Phi) is 4.82. The molecule has 0 bridgehead atoms. The van der Waals surface area contributed by atoms with Crippen molar-refractivity contribution >= 4 is 37.4 Å². The molecule has 0 amide bonds. The molecule has 2 aromatic rings. The molecule has 0 aliphatic heterocycles. The lowest BCUT2D eigenvalue weighted by atomic mass is 10.1.